The van der Waals surface area contributed by atoms with Gasteiger partial charge in [-0.2, -0.15) is 0 Å². The van der Waals surface area contributed by atoms with E-state index in [0.717, 1.165) is 12.1 Å². The van der Waals surface area contributed by atoms with Crippen molar-refractivity contribution in [2.24, 2.45) is 22.7 Å². The Kier molecular flexibility index (Phi) is 3.66. The number of carbonyl (C=O) groups is 1. The molecule has 2 heterocycles. The number of nitrogens with one attached hydrogen (secondary N) is 1. The van der Waals surface area contributed by atoms with E-state index >= 15 is 0 Å². The first kappa shape index (κ1) is 14.5. The molecule has 1 aromatic rings. The first-order valence-corrected chi connectivity index (χ1v) is 8.24. The van der Waals surface area contributed by atoms with E-state index in [1.54, 1.807) is 6.07 Å². The van der Waals surface area contributed by atoms with Crippen molar-refractivity contribution in [1.29, 1.82) is 0 Å². The number of carbonyl (C=O) groups excluding carboxylic acids is 1. The van der Waals surface area contributed by atoms with Gasteiger partial charge in [-0.15, -0.1) is 0 Å². The number of aliphatic imine (C=N–C) groups is 1. The maximum Gasteiger partial charge on any atom is 0.252 e. The molecular formula is C19H17ClN2O. The molecule has 2 aliphatic heterocycles. The van der Waals surface area contributed by atoms with Crippen LogP contribution in [0.15, 0.2) is 65.3 Å². The number of nitrogens with zero attached hydrogens (tertiary/aromatic N) is 1. The van der Waals surface area contributed by atoms with Crippen molar-refractivity contribution in [1.82, 2.24) is 5.32 Å². The third-order valence-corrected chi connectivity index (χ3v) is 5.17. The molecule has 1 aliphatic carbocycles. The Morgan fingerprint density at radius 1 is 1.17 bits per heavy atom. The molecule has 1 saturated heterocycles. The number of allylic oxidation sites excluding steroid dienone is 4. The van der Waals surface area contributed by atoms with Gasteiger partial charge in [0.05, 0.1) is 6.04 Å². The molecule has 4 unspecified atom stereocenters. The highest BCUT2D eigenvalue weighted by Crippen LogP contribution is 2.45. The predicted molar refractivity (Wildman–Crippen MR) is 92.7 cm³/mol. The van der Waals surface area contributed by atoms with Gasteiger partial charge in [0.1, 0.15) is 0 Å². The first-order valence-electron chi connectivity index (χ1n) is 7.86. The molecule has 1 fully saturated rings. The molecule has 4 heteroatoms. The topological polar surface area (TPSA) is 41.5 Å². The monoisotopic (exact) mass is 324 g/mol. The van der Waals surface area contributed by atoms with E-state index < -0.39 is 5.24 Å². The summed E-state index contributed by atoms with van der Waals surface area (Å²) in [5, 5.41) is 3.23. The molecule has 3 nitrogen and oxygen atoms in total. The Morgan fingerprint density at radius 2 is 1.96 bits per heavy atom. The SMILES string of the molecule is O=C(Cl)c1ccccc1C1NC2=CC=NCC2C2C=CC=CC12. The van der Waals surface area contributed by atoms with Crippen LogP contribution in [0.4, 0.5) is 0 Å². The maximum absolute atomic E-state index is 11.8. The smallest absolute Gasteiger partial charge is 0.252 e. The summed E-state index contributed by atoms with van der Waals surface area (Å²) >= 11 is 5.81. The van der Waals surface area contributed by atoms with Crippen LogP contribution in [0.3, 0.4) is 0 Å². The lowest BCUT2D eigenvalue weighted by Gasteiger charge is -2.45. The van der Waals surface area contributed by atoms with Crippen LogP contribution in [0.1, 0.15) is 22.0 Å². The van der Waals surface area contributed by atoms with Crippen molar-refractivity contribution in [3.8, 4) is 0 Å². The Bertz CT molecular complexity index is 762. The van der Waals surface area contributed by atoms with E-state index in [1.165, 1.54) is 5.70 Å². The zero-order valence-electron chi connectivity index (χ0n) is 12.5. The van der Waals surface area contributed by atoms with Gasteiger partial charge in [-0.05, 0) is 35.2 Å². The Labute approximate surface area is 140 Å². The second kappa shape index (κ2) is 5.82. The summed E-state index contributed by atoms with van der Waals surface area (Å²) in [6.45, 7) is 0.807. The average Bonchev–Trinajstić information content (AvgIpc) is 2.61. The van der Waals surface area contributed by atoms with E-state index in [2.05, 4.69) is 40.7 Å². The molecule has 4 atom stereocenters. The lowest BCUT2D eigenvalue weighted by Crippen LogP contribution is -2.45. The summed E-state index contributed by atoms with van der Waals surface area (Å²) in [6, 6.07) is 7.64. The minimum atomic E-state index is -0.407. The molecule has 0 saturated carbocycles. The molecule has 0 aromatic heterocycles. The van der Waals surface area contributed by atoms with Gasteiger partial charge in [-0.3, -0.25) is 9.79 Å². The molecule has 1 N–H and O–H groups in total. The van der Waals surface area contributed by atoms with E-state index in [1.807, 2.05) is 24.4 Å². The van der Waals surface area contributed by atoms with Crippen molar-refractivity contribution < 1.29 is 4.79 Å². The number of benzene rings is 1. The van der Waals surface area contributed by atoms with Gasteiger partial charge in [0.25, 0.3) is 5.24 Å². The van der Waals surface area contributed by atoms with Crippen LogP contribution in [0.5, 0.6) is 0 Å². The number of rotatable bonds is 2. The van der Waals surface area contributed by atoms with Crippen LogP contribution in [0.25, 0.3) is 0 Å². The molecule has 23 heavy (non-hydrogen) atoms. The lowest BCUT2D eigenvalue weighted by atomic mass is 9.68. The van der Waals surface area contributed by atoms with Crippen molar-refractivity contribution in [2.45, 2.75) is 6.04 Å². The van der Waals surface area contributed by atoms with Crippen LogP contribution >= 0.6 is 11.6 Å². The number of fused-ring (bicyclic) bond motifs is 3. The van der Waals surface area contributed by atoms with Gasteiger partial charge in [0.2, 0.25) is 0 Å². The normalized spacial score (nSPS) is 30.9. The number of halogens is 1. The molecule has 1 aromatic carbocycles. The highest BCUT2D eigenvalue weighted by molar-refractivity contribution is 6.67. The second-order valence-corrected chi connectivity index (χ2v) is 6.49. The highest BCUT2D eigenvalue weighted by atomic mass is 35.5. The number of piperidine rings is 1. The molecule has 4 rings (SSSR count). The van der Waals surface area contributed by atoms with Gasteiger partial charge in [0.15, 0.2) is 0 Å². The summed E-state index contributed by atoms with van der Waals surface area (Å²) in [7, 11) is 0. The van der Waals surface area contributed by atoms with Crippen LogP contribution in [0, 0.1) is 17.8 Å². The minimum absolute atomic E-state index is 0.0362. The standard InChI is InChI=1S/C19H17ClN2O/c20-19(23)15-8-4-3-7-14(15)18-13-6-2-1-5-12(13)16-11-21-10-9-17(16)22-18/h1-10,12-13,16,18,22H,11H2. The van der Waals surface area contributed by atoms with Crippen molar-refractivity contribution in [2.75, 3.05) is 6.54 Å². The molecule has 3 aliphatic rings. The van der Waals surface area contributed by atoms with Crippen LogP contribution in [-0.2, 0) is 0 Å². The van der Waals surface area contributed by atoms with Crippen molar-refractivity contribution >= 4 is 23.1 Å². The minimum Gasteiger partial charge on any atom is -0.381 e. The van der Waals surface area contributed by atoms with Gasteiger partial charge in [-0.1, -0.05) is 42.5 Å². The van der Waals surface area contributed by atoms with E-state index in [0.29, 0.717) is 17.4 Å². The van der Waals surface area contributed by atoms with Gasteiger partial charge in [0, 0.05) is 35.9 Å². The summed E-state index contributed by atoms with van der Waals surface area (Å²) in [5.41, 5.74) is 2.74. The zero-order chi connectivity index (χ0) is 15.8. The molecule has 0 bridgehead atoms. The summed E-state index contributed by atoms with van der Waals surface area (Å²) in [4.78, 5) is 16.2. The zero-order valence-corrected chi connectivity index (χ0v) is 13.3. The molecule has 0 radical (unpaired) electrons. The average molecular weight is 325 g/mol. The van der Waals surface area contributed by atoms with Crippen LogP contribution in [0.2, 0.25) is 0 Å². The molecule has 0 amide bonds. The Hall–Kier alpha value is -2.13. The van der Waals surface area contributed by atoms with Crippen molar-refractivity contribution in [3.63, 3.8) is 0 Å². The maximum atomic E-state index is 11.8. The predicted octanol–water partition coefficient (Wildman–Crippen LogP) is 3.65. The first-order chi connectivity index (χ1) is 11.3. The van der Waals surface area contributed by atoms with Crippen LogP contribution in [-0.4, -0.2) is 18.0 Å². The number of hydrogen-bond acceptors (Lipinski definition) is 3. The third-order valence-electron chi connectivity index (χ3n) is 4.96. The Balaban J connectivity index is 1.80. The quantitative estimate of drug-likeness (QED) is 0.844. The largest absolute Gasteiger partial charge is 0.381 e. The van der Waals surface area contributed by atoms with E-state index in [-0.39, 0.29) is 12.0 Å². The molecule has 116 valence electrons. The fraction of sp³-hybridized carbons (Fsp3) is 0.263. The van der Waals surface area contributed by atoms with Gasteiger partial charge >= 0.3 is 0 Å². The second-order valence-electron chi connectivity index (χ2n) is 6.15. The van der Waals surface area contributed by atoms with E-state index in [4.69, 9.17) is 11.6 Å². The third kappa shape index (κ3) is 2.45. The summed E-state index contributed by atoms with van der Waals surface area (Å²) < 4.78 is 0. The summed E-state index contributed by atoms with van der Waals surface area (Å²) in [5.74, 6) is 1.04. The molecular weight excluding hydrogens is 308 g/mol. The van der Waals surface area contributed by atoms with Gasteiger partial charge in [-0.25, -0.2) is 0 Å². The highest BCUT2D eigenvalue weighted by Gasteiger charge is 2.41. The fourth-order valence-electron chi connectivity index (χ4n) is 3.90. The lowest BCUT2D eigenvalue weighted by molar-refractivity contribution is 0.107. The van der Waals surface area contributed by atoms with Gasteiger partial charge < -0.3 is 5.32 Å². The summed E-state index contributed by atoms with van der Waals surface area (Å²) in [6.07, 6.45) is 12.6. The number of dihydropyridines is 1. The number of hydrogen-bond donors (Lipinski definition) is 1. The fourth-order valence-corrected chi connectivity index (χ4v) is 4.07. The molecule has 0 spiro atoms. The van der Waals surface area contributed by atoms with Crippen molar-refractivity contribution in [3.05, 3.63) is 71.5 Å². The van der Waals surface area contributed by atoms with Crippen LogP contribution < -0.4 is 5.32 Å². The van der Waals surface area contributed by atoms with E-state index in [9.17, 15) is 4.79 Å². The Morgan fingerprint density at radius 3 is 2.78 bits per heavy atom.